The molecule has 0 radical (unpaired) electrons. The number of hydrogen-bond donors (Lipinski definition) is 0. The van der Waals surface area contributed by atoms with E-state index in [9.17, 15) is 0 Å². The lowest BCUT2D eigenvalue weighted by Crippen LogP contribution is -1.90. The van der Waals surface area contributed by atoms with E-state index in [4.69, 9.17) is 11.6 Å². The topological polar surface area (TPSA) is 30.7 Å². The highest BCUT2D eigenvalue weighted by atomic mass is 35.5. The van der Waals surface area contributed by atoms with Crippen LogP contribution in [0.4, 0.5) is 0 Å². The van der Waals surface area contributed by atoms with Crippen molar-refractivity contribution in [2.45, 2.75) is 0 Å². The SMILES string of the molecule is Cn1ccc(-c2nnc(Cl)c3ccccc23)c1. The molecule has 0 N–H and O–H groups in total. The third-order valence-electron chi connectivity index (χ3n) is 2.75. The molecule has 0 aliphatic heterocycles. The summed E-state index contributed by atoms with van der Waals surface area (Å²) in [5, 5.41) is 10.6. The minimum Gasteiger partial charge on any atom is -0.357 e. The maximum atomic E-state index is 6.04. The molecular formula is C13H10ClN3. The first-order valence-corrected chi connectivity index (χ1v) is 5.67. The Morgan fingerprint density at radius 3 is 2.53 bits per heavy atom. The zero-order valence-electron chi connectivity index (χ0n) is 9.26. The van der Waals surface area contributed by atoms with E-state index >= 15 is 0 Å². The van der Waals surface area contributed by atoms with Gasteiger partial charge in [-0.2, -0.15) is 0 Å². The Balaban J connectivity index is 2.34. The van der Waals surface area contributed by atoms with E-state index in [0.29, 0.717) is 5.15 Å². The van der Waals surface area contributed by atoms with Crippen LogP contribution in [0.5, 0.6) is 0 Å². The quantitative estimate of drug-likeness (QED) is 0.657. The van der Waals surface area contributed by atoms with Crippen LogP contribution in [0.25, 0.3) is 22.0 Å². The third kappa shape index (κ3) is 1.68. The predicted molar refractivity (Wildman–Crippen MR) is 69.0 cm³/mol. The number of nitrogens with zero attached hydrogens (tertiary/aromatic N) is 3. The van der Waals surface area contributed by atoms with Gasteiger partial charge in [-0.25, -0.2) is 0 Å². The average molecular weight is 244 g/mol. The molecule has 0 spiro atoms. The fourth-order valence-electron chi connectivity index (χ4n) is 1.93. The van der Waals surface area contributed by atoms with Crippen LogP contribution in [0.1, 0.15) is 0 Å². The molecule has 17 heavy (non-hydrogen) atoms. The Bertz CT molecular complexity index is 688. The van der Waals surface area contributed by atoms with Crippen LogP contribution >= 0.6 is 11.6 Å². The molecular weight excluding hydrogens is 234 g/mol. The molecule has 0 fully saturated rings. The molecule has 0 saturated carbocycles. The van der Waals surface area contributed by atoms with Crippen molar-refractivity contribution in [3.8, 4) is 11.3 Å². The minimum absolute atomic E-state index is 0.445. The molecule has 0 aliphatic carbocycles. The van der Waals surface area contributed by atoms with E-state index < -0.39 is 0 Å². The van der Waals surface area contributed by atoms with Gasteiger partial charge in [0.25, 0.3) is 0 Å². The Labute approximate surface area is 104 Å². The maximum absolute atomic E-state index is 6.04. The molecule has 2 aromatic heterocycles. The largest absolute Gasteiger partial charge is 0.357 e. The summed E-state index contributed by atoms with van der Waals surface area (Å²) in [4.78, 5) is 0. The van der Waals surface area contributed by atoms with Gasteiger partial charge in [0.05, 0.1) is 0 Å². The zero-order chi connectivity index (χ0) is 11.8. The van der Waals surface area contributed by atoms with Gasteiger partial charge < -0.3 is 4.57 Å². The summed E-state index contributed by atoms with van der Waals surface area (Å²) >= 11 is 6.04. The summed E-state index contributed by atoms with van der Waals surface area (Å²) in [6.07, 6.45) is 4.00. The van der Waals surface area contributed by atoms with Gasteiger partial charge in [-0.15, -0.1) is 10.2 Å². The van der Waals surface area contributed by atoms with E-state index in [-0.39, 0.29) is 0 Å². The van der Waals surface area contributed by atoms with E-state index in [1.807, 2.05) is 54.3 Å². The molecule has 0 atom stereocenters. The molecule has 0 unspecified atom stereocenters. The van der Waals surface area contributed by atoms with Crippen molar-refractivity contribution < 1.29 is 0 Å². The summed E-state index contributed by atoms with van der Waals surface area (Å²) in [5.41, 5.74) is 1.92. The molecule has 0 bridgehead atoms. The average Bonchev–Trinajstić information content (AvgIpc) is 2.77. The highest BCUT2D eigenvalue weighted by Gasteiger charge is 2.09. The third-order valence-corrected chi connectivity index (χ3v) is 3.03. The van der Waals surface area contributed by atoms with Gasteiger partial charge in [0.1, 0.15) is 5.69 Å². The number of hydrogen-bond acceptors (Lipinski definition) is 2. The van der Waals surface area contributed by atoms with Gasteiger partial charge in [0.15, 0.2) is 5.15 Å². The van der Waals surface area contributed by atoms with E-state index in [0.717, 1.165) is 22.0 Å². The number of aromatic nitrogens is 3. The van der Waals surface area contributed by atoms with Crippen LogP contribution in [-0.2, 0) is 7.05 Å². The highest BCUT2D eigenvalue weighted by molar-refractivity contribution is 6.34. The van der Waals surface area contributed by atoms with Crippen LogP contribution in [-0.4, -0.2) is 14.8 Å². The molecule has 2 heterocycles. The van der Waals surface area contributed by atoms with Crippen molar-refractivity contribution in [1.82, 2.24) is 14.8 Å². The van der Waals surface area contributed by atoms with Crippen molar-refractivity contribution >= 4 is 22.4 Å². The highest BCUT2D eigenvalue weighted by Crippen LogP contribution is 2.29. The van der Waals surface area contributed by atoms with Crippen LogP contribution in [0, 0.1) is 0 Å². The van der Waals surface area contributed by atoms with Gasteiger partial charge in [-0.3, -0.25) is 0 Å². The molecule has 0 amide bonds. The standard InChI is InChI=1S/C13H10ClN3/c1-17-7-6-9(8-17)12-10-4-2-3-5-11(10)13(14)16-15-12/h2-8H,1H3. The van der Waals surface area contributed by atoms with Crippen molar-refractivity contribution in [3.05, 3.63) is 47.9 Å². The maximum Gasteiger partial charge on any atom is 0.159 e. The molecule has 1 aromatic carbocycles. The van der Waals surface area contributed by atoms with Crippen LogP contribution in [0.15, 0.2) is 42.7 Å². The van der Waals surface area contributed by atoms with E-state index in [1.54, 1.807) is 0 Å². The molecule has 3 rings (SSSR count). The van der Waals surface area contributed by atoms with Crippen molar-refractivity contribution in [2.75, 3.05) is 0 Å². The number of rotatable bonds is 1. The molecule has 4 heteroatoms. The second-order valence-corrected chi connectivity index (χ2v) is 4.31. The van der Waals surface area contributed by atoms with Crippen molar-refractivity contribution in [1.29, 1.82) is 0 Å². The van der Waals surface area contributed by atoms with Crippen molar-refractivity contribution in [2.24, 2.45) is 7.05 Å². The van der Waals surface area contributed by atoms with Crippen molar-refractivity contribution in [3.63, 3.8) is 0 Å². The fourth-order valence-corrected chi connectivity index (χ4v) is 2.13. The molecule has 0 aliphatic rings. The monoisotopic (exact) mass is 243 g/mol. The first-order valence-electron chi connectivity index (χ1n) is 5.29. The van der Waals surface area contributed by atoms with E-state index in [1.165, 1.54) is 0 Å². The normalized spacial score (nSPS) is 10.9. The summed E-state index contributed by atoms with van der Waals surface area (Å²) in [5.74, 6) is 0. The Morgan fingerprint density at radius 2 is 1.82 bits per heavy atom. The lowest BCUT2D eigenvalue weighted by Gasteiger charge is -2.03. The number of benzene rings is 1. The number of aryl methyl sites for hydroxylation is 1. The smallest absolute Gasteiger partial charge is 0.159 e. The van der Waals surface area contributed by atoms with Gasteiger partial charge >= 0.3 is 0 Å². The first kappa shape index (κ1) is 10.3. The Kier molecular flexibility index (Phi) is 2.34. The summed E-state index contributed by atoms with van der Waals surface area (Å²) < 4.78 is 1.99. The summed E-state index contributed by atoms with van der Waals surface area (Å²) in [7, 11) is 1.98. The molecule has 3 nitrogen and oxygen atoms in total. The summed E-state index contributed by atoms with van der Waals surface area (Å²) in [6.45, 7) is 0. The van der Waals surface area contributed by atoms with Gasteiger partial charge in [0.2, 0.25) is 0 Å². The lowest BCUT2D eigenvalue weighted by atomic mass is 10.1. The first-order chi connectivity index (χ1) is 8.25. The van der Waals surface area contributed by atoms with Gasteiger partial charge in [-0.1, -0.05) is 35.9 Å². The Morgan fingerprint density at radius 1 is 1.06 bits per heavy atom. The molecule has 84 valence electrons. The summed E-state index contributed by atoms with van der Waals surface area (Å²) in [6, 6.07) is 9.92. The second-order valence-electron chi connectivity index (χ2n) is 3.95. The predicted octanol–water partition coefficient (Wildman–Crippen LogP) is 3.29. The number of halogens is 1. The van der Waals surface area contributed by atoms with Crippen LogP contribution < -0.4 is 0 Å². The van der Waals surface area contributed by atoms with E-state index in [2.05, 4.69) is 10.2 Å². The fraction of sp³-hybridized carbons (Fsp3) is 0.0769. The Hall–Kier alpha value is -1.87. The van der Waals surface area contributed by atoms with Crippen LogP contribution in [0.3, 0.4) is 0 Å². The zero-order valence-corrected chi connectivity index (χ0v) is 10.0. The second kappa shape index (κ2) is 3.86. The van der Waals surface area contributed by atoms with Crippen LogP contribution in [0.2, 0.25) is 5.15 Å². The molecule has 0 saturated heterocycles. The lowest BCUT2D eigenvalue weighted by molar-refractivity contribution is 0.927. The van der Waals surface area contributed by atoms with Gasteiger partial charge in [0, 0.05) is 35.8 Å². The number of fused-ring (bicyclic) bond motifs is 1. The van der Waals surface area contributed by atoms with Gasteiger partial charge in [-0.05, 0) is 6.07 Å². The molecule has 3 aromatic rings. The minimum atomic E-state index is 0.445.